The second-order valence-electron chi connectivity index (χ2n) is 7.66. The summed E-state index contributed by atoms with van der Waals surface area (Å²) in [6, 6.07) is 11.6. The van der Waals surface area contributed by atoms with Crippen molar-refractivity contribution in [1.29, 1.82) is 0 Å². The predicted molar refractivity (Wildman–Crippen MR) is 138 cm³/mol. The topological polar surface area (TPSA) is 38.8 Å². The van der Waals surface area contributed by atoms with Gasteiger partial charge in [-0.2, -0.15) is 0 Å². The Balaban J connectivity index is 1.70. The van der Waals surface area contributed by atoms with E-state index in [-0.39, 0.29) is 5.91 Å². The zero-order valence-corrected chi connectivity index (χ0v) is 20.8. The zero-order chi connectivity index (χ0) is 23.3. The molecule has 3 rings (SSSR count). The predicted octanol–water partition coefficient (Wildman–Crippen LogP) is 6.62. The molecule has 32 heavy (non-hydrogen) atoms. The normalized spacial score (nSPS) is 15.0. The van der Waals surface area contributed by atoms with Crippen LogP contribution in [0.25, 0.3) is 6.08 Å². The van der Waals surface area contributed by atoms with Crippen molar-refractivity contribution in [3.05, 3.63) is 75.7 Å². The van der Waals surface area contributed by atoms with Crippen molar-refractivity contribution in [3.8, 4) is 11.5 Å². The third kappa shape index (κ3) is 5.94. The molecule has 4 nitrogen and oxygen atoms in total. The fourth-order valence-corrected chi connectivity index (χ4v) is 4.68. The van der Waals surface area contributed by atoms with Crippen molar-refractivity contribution in [2.45, 2.75) is 26.7 Å². The lowest BCUT2D eigenvalue weighted by atomic mass is 10.0. The highest BCUT2D eigenvalue weighted by atomic mass is 35.5. The second-order valence-corrected chi connectivity index (χ2v) is 9.77. The van der Waals surface area contributed by atoms with Gasteiger partial charge in [0, 0.05) is 17.1 Å². The minimum atomic E-state index is -0.144. The Hall–Kier alpha value is -2.28. The molecule has 0 aromatic heterocycles. The van der Waals surface area contributed by atoms with Crippen LogP contribution in [0.5, 0.6) is 11.5 Å². The van der Waals surface area contributed by atoms with Gasteiger partial charge in [0.25, 0.3) is 5.91 Å². The summed E-state index contributed by atoms with van der Waals surface area (Å²) in [7, 11) is 0. The van der Waals surface area contributed by atoms with Crippen molar-refractivity contribution < 1.29 is 14.3 Å². The van der Waals surface area contributed by atoms with Crippen LogP contribution in [0.4, 0.5) is 0 Å². The van der Waals surface area contributed by atoms with E-state index in [1.54, 1.807) is 30.4 Å². The first-order valence-electron chi connectivity index (χ1n) is 10.3. The number of ether oxygens (including phenoxy) is 2. The Morgan fingerprint density at radius 2 is 1.88 bits per heavy atom. The number of hydrogen-bond donors (Lipinski definition) is 0. The molecule has 0 bridgehead atoms. The van der Waals surface area contributed by atoms with Crippen LogP contribution >= 0.6 is 35.6 Å². The molecule has 1 amide bonds. The Morgan fingerprint density at radius 3 is 2.56 bits per heavy atom. The van der Waals surface area contributed by atoms with E-state index >= 15 is 0 Å². The summed E-state index contributed by atoms with van der Waals surface area (Å²) < 4.78 is 12.5. The largest absolute Gasteiger partial charge is 0.490 e. The molecule has 0 radical (unpaired) electrons. The van der Waals surface area contributed by atoms with E-state index in [1.807, 2.05) is 13.0 Å². The van der Waals surface area contributed by atoms with Crippen LogP contribution in [-0.2, 0) is 4.79 Å². The third-order valence-corrected chi connectivity index (χ3v) is 6.45. The van der Waals surface area contributed by atoms with Crippen molar-refractivity contribution in [2.75, 3.05) is 19.8 Å². The quantitative estimate of drug-likeness (QED) is 0.172. The van der Waals surface area contributed by atoms with Crippen molar-refractivity contribution in [1.82, 2.24) is 4.90 Å². The summed E-state index contributed by atoms with van der Waals surface area (Å²) in [6.45, 7) is 11.1. The maximum atomic E-state index is 12.6. The van der Waals surface area contributed by atoms with E-state index in [9.17, 15) is 4.79 Å². The molecular weight excluding hydrogens is 462 g/mol. The molecule has 0 atom stereocenters. The van der Waals surface area contributed by atoms with E-state index in [4.69, 9.17) is 33.3 Å². The highest BCUT2D eigenvalue weighted by Gasteiger charge is 2.31. The number of aryl methyl sites for hydroxylation is 1. The summed E-state index contributed by atoms with van der Waals surface area (Å²) in [5, 5.41) is 0.558. The molecule has 2 aromatic carbocycles. The summed E-state index contributed by atoms with van der Waals surface area (Å²) in [4.78, 5) is 14.7. The number of nitrogens with zero attached hydrogens (tertiary/aromatic N) is 1. The van der Waals surface area contributed by atoms with Gasteiger partial charge in [-0.25, -0.2) is 0 Å². The first-order chi connectivity index (χ1) is 15.3. The molecule has 168 valence electrons. The fourth-order valence-electron chi connectivity index (χ4n) is 3.24. The highest BCUT2D eigenvalue weighted by Crippen LogP contribution is 2.35. The number of rotatable bonds is 9. The van der Waals surface area contributed by atoms with Crippen LogP contribution in [-0.4, -0.2) is 34.9 Å². The number of carbonyl (C=O) groups excluding carboxylic acids is 1. The van der Waals surface area contributed by atoms with Gasteiger partial charge >= 0.3 is 0 Å². The molecule has 2 aromatic rings. The molecule has 0 aliphatic carbocycles. The monoisotopic (exact) mass is 487 g/mol. The van der Waals surface area contributed by atoms with Gasteiger partial charge in [-0.3, -0.25) is 9.69 Å². The van der Waals surface area contributed by atoms with Crippen molar-refractivity contribution in [3.63, 3.8) is 0 Å². The molecule has 7 heteroatoms. The van der Waals surface area contributed by atoms with Crippen LogP contribution in [0.2, 0.25) is 5.02 Å². The third-order valence-electron chi connectivity index (χ3n) is 4.83. The summed E-state index contributed by atoms with van der Waals surface area (Å²) >= 11 is 12.8. The number of amides is 1. The van der Waals surface area contributed by atoms with Gasteiger partial charge < -0.3 is 9.47 Å². The van der Waals surface area contributed by atoms with Gasteiger partial charge in [-0.15, -0.1) is 6.58 Å². The maximum Gasteiger partial charge on any atom is 0.266 e. The number of thioether (sulfide) groups is 1. The van der Waals surface area contributed by atoms with E-state index in [0.29, 0.717) is 45.7 Å². The molecule has 0 N–H and O–H groups in total. The minimum absolute atomic E-state index is 0.144. The Bertz CT molecular complexity index is 1070. The fraction of sp³-hybridized carbons (Fsp3) is 0.280. The summed E-state index contributed by atoms with van der Waals surface area (Å²) in [6.07, 6.45) is 3.42. The summed E-state index contributed by atoms with van der Waals surface area (Å²) in [5.41, 5.74) is 3.04. The van der Waals surface area contributed by atoms with E-state index in [2.05, 4.69) is 32.6 Å². The van der Waals surface area contributed by atoms with Gasteiger partial charge in [0.05, 0.1) is 4.91 Å². The highest BCUT2D eigenvalue weighted by molar-refractivity contribution is 8.26. The average molecular weight is 488 g/mol. The smallest absolute Gasteiger partial charge is 0.266 e. The maximum absolute atomic E-state index is 12.6. The van der Waals surface area contributed by atoms with Gasteiger partial charge in [0.1, 0.15) is 29.0 Å². The van der Waals surface area contributed by atoms with Crippen LogP contribution in [0, 0.1) is 6.92 Å². The molecule has 1 heterocycles. The molecule has 0 unspecified atom stereocenters. The Morgan fingerprint density at radius 1 is 1.16 bits per heavy atom. The minimum Gasteiger partial charge on any atom is -0.490 e. The molecule has 1 aliphatic rings. The standard InChI is InChI=1S/C25H26ClNO3S2/c1-5-10-27-24(28)23(32-25(27)31)15-18-14-19(26)7-9-21(18)29-11-12-30-22-13-17(4)6-8-20(22)16(2)3/h5-9,13-16H,1,10-12H2,2-4H3. The van der Waals surface area contributed by atoms with Crippen LogP contribution in [0.3, 0.4) is 0 Å². The SMILES string of the molecule is C=CCN1C(=O)C(=Cc2cc(Cl)ccc2OCCOc2cc(C)ccc2C(C)C)SC1=S. The van der Waals surface area contributed by atoms with Gasteiger partial charge in [0.15, 0.2) is 0 Å². The lowest BCUT2D eigenvalue weighted by Gasteiger charge is -2.16. The average Bonchev–Trinajstić information content (AvgIpc) is 3.00. The van der Waals surface area contributed by atoms with Crippen LogP contribution < -0.4 is 9.47 Å². The van der Waals surface area contributed by atoms with Crippen LogP contribution in [0.1, 0.15) is 36.5 Å². The second kappa shape index (κ2) is 11.0. The molecule has 1 saturated heterocycles. The number of halogens is 1. The lowest BCUT2D eigenvalue weighted by molar-refractivity contribution is -0.121. The lowest BCUT2D eigenvalue weighted by Crippen LogP contribution is -2.27. The first kappa shape index (κ1) is 24.4. The molecule has 0 saturated carbocycles. The van der Waals surface area contributed by atoms with Gasteiger partial charge in [-0.05, 0) is 54.3 Å². The molecule has 0 spiro atoms. The summed E-state index contributed by atoms with van der Waals surface area (Å²) in [5.74, 6) is 1.73. The van der Waals surface area contributed by atoms with Gasteiger partial charge in [-0.1, -0.05) is 67.6 Å². The number of thiocarbonyl (C=S) groups is 1. The van der Waals surface area contributed by atoms with E-state index in [1.165, 1.54) is 22.2 Å². The molecule has 1 fully saturated rings. The van der Waals surface area contributed by atoms with Crippen LogP contribution in [0.15, 0.2) is 54.0 Å². The number of carbonyl (C=O) groups is 1. The van der Waals surface area contributed by atoms with Crippen molar-refractivity contribution >= 4 is 51.9 Å². The van der Waals surface area contributed by atoms with Crippen molar-refractivity contribution in [2.24, 2.45) is 0 Å². The number of benzene rings is 2. The molecular formula is C25H26ClNO3S2. The van der Waals surface area contributed by atoms with E-state index in [0.717, 1.165) is 16.9 Å². The Labute approximate surface area is 204 Å². The van der Waals surface area contributed by atoms with E-state index < -0.39 is 0 Å². The molecule has 1 aliphatic heterocycles. The number of hydrogen-bond acceptors (Lipinski definition) is 5. The first-order valence-corrected chi connectivity index (χ1v) is 11.9. The zero-order valence-electron chi connectivity index (χ0n) is 18.4. The Kier molecular flexibility index (Phi) is 8.40. The van der Waals surface area contributed by atoms with Gasteiger partial charge in [0.2, 0.25) is 0 Å².